The fraction of sp³-hybridized carbons (Fsp3) is 0.400. The number of ether oxygens (including phenoxy) is 1. The van der Waals surface area contributed by atoms with Crippen molar-refractivity contribution in [2.24, 2.45) is 0 Å². The van der Waals surface area contributed by atoms with Gasteiger partial charge in [0.25, 0.3) is 0 Å². The lowest BCUT2D eigenvalue weighted by Gasteiger charge is -2.36. The summed E-state index contributed by atoms with van der Waals surface area (Å²) in [6.45, 7) is 0.669. The summed E-state index contributed by atoms with van der Waals surface area (Å²) in [6.07, 6.45) is 0.434. The van der Waals surface area contributed by atoms with E-state index >= 15 is 0 Å². The van der Waals surface area contributed by atoms with Gasteiger partial charge in [-0.15, -0.1) is 0 Å². The summed E-state index contributed by atoms with van der Waals surface area (Å²) in [5.74, 6) is -0.293. The molecule has 14 heavy (non-hydrogen) atoms. The van der Waals surface area contributed by atoms with Crippen molar-refractivity contribution in [3.8, 4) is 0 Å². The summed E-state index contributed by atoms with van der Waals surface area (Å²) in [7, 11) is 0. The van der Waals surface area contributed by atoms with E-state index in [1.807, 2.05) is 0 Å². The van der Waals surface area contributed by atoms with Gasteiger partial charge in [0.05, 0.1) is 13.2 Å². The molecule has 1 aromatic carbocycles. The van der Waals surface area contributed by atoms with Crippen molar-refractivity contribution < 1.29 is 14.2 Å². The van der Waals surface area contributed by atoms with Crippen molar-refractivity contribution in [3.63, 3.8) is 0 Å². The third kappa shape index (κ3) is 2.13. The molecule has 4 heteroatoms. The Bertz CT molecular complexity index is 330. The third-order valence-corrected chi connectivity index (χ3v) is 2.65. The van der Waals surface area contributed by atoms with Gasteiger partial charge in [-0.2, -0.15) is 0 Å². The van der Waals surface area contributed by atoms with E-state index in [1.165, 1.54) is 12.1 Å². The molecule has 0 aliphatic carbocycles. The van der Waals surface area contributed by atoms with E-state index in [2.05, 4.69) is 15.9 Å². The van der Waals surface area contributed by atoms with Crippen molar-refractivity contribution in [3.05, 3.63) is 34.1 Å². The SMILES string of the molecule is OC1(Cc2cc(F)cc(Br)c2)COC1. The molecule has 0 bridgehead atoms. The quantitative estimate of drug-likeness (QED) is 0.880. The lowest BCUT2D eigenvalue weighted by molar-refractivity contribution is -0.176. The minimum atomic E-state index is -0.798. The average Bonchev–Trinajstić information content (AvgIpc) is 1.99. The van der Waals surface area contributed by atoms with Gasteiger partial charge in [0.1, 0.15) is 11.4 Å². The molecule has 1 N–H and O–H groups in total. The van der Waals surface area contributed by atoms with Crippen LogP contribution in [0.25, 0.3) is 0 Å². The first-order valence-corrected chi connectivity index (χ1v) is 5.12. The lowest BCUT2D eigenvalue weighted by Crippen LogP contribution is -2.51. The summed E-state index contributed by atoms with van der Waals surface area (Å²) in [5, 5.41) is 9.78. The van der Waals surface area contributed by atoms with Gasteiger partial charge in [0.2, 0.25) is 0 Å². The summed E-state index contributed by atoms with van der Waals surface area (Å²) in [5.41, 5.74) is -0.0181. The maximum atomic E-state index is 13.0. The van der Waals surface area contributed by atoms with Crippen LogP contribution in [-0.4, -0.2) is 23.9 Å². The highest BCUT2D eigenvalue weighted by atomic mass is 79.9. The number of rotatable bonds is 2. The van der Waals surface area contributed by atoms with Gasteiger partial charge in [-0.05, 0) is 23.8 Å². The first kappa shape index (κ1) is 10.1. The molecule has 1 aliphatic heterocycles. The first-order chi connectivity index (χ1) is 6.57. The van der Waals surface area contributed by atoms with Gasteiger partial charge in [-0.25, -0.2) is 4.39 Å². The molecule has 0 atom stereocenters. The van der Waals surface area contributed by atoms with Gasteiger partial charge in [-0.3, -0.25) is 0 Å². The zero-order valence-electron chi connectivity index (χ0n) is 7.46. The Labute approximate surface area is 89.8 Å². The predicted molar refractivity (Wildman–Crippen MR) is 53.6 cm³/mol. The first-order valence-electron chi connectivity index (χ1n) is 4.33. The van der Waals surface area contributed by atoms with Crippen LogP contribution in [0.15, 0.2) is 22.7 Å². The van der Waals surface area contributed by atoms with Crippen LogP contribution in [0.1, 0.15) is 5.56 Å². The Morgan fingerprint density at radius 1 is 1.43 bits per heavy atom. The van der Waals surface area contributed by atoms with Gasteiger partial charge >= 0.3 is 0 Å². The molecule has 0 aromatic heterocycles. The molecule has 1 heterocycles. The maximum absolute atomic E-state index is 13.0. The smallest absolute Gasteiger partial charge is 0.124 e. The molecule has 0 amide bonds. The van der Waals surface area contributed by atoms with Crippen LogP contribution in [0.4, 0.5) is 4.39 Å². The molecule has 1 aliphatic rings. The van der Waals surface area contributed by atoms with Crippen LogP contribution in [0, 0.1) is 5.82 Å². The Kier molecular flexibility index (Phi) is 2.60. The number of hydrogen-bond acceptors (Lipinski definition) is 2. The van der Waals surface area contributed by atoms with Gasteiger partial charge in [0, 0.05) is 10.9 Å². The molecular weight excluding hydrogens is 251 g/mol. The van der Waals surface area contributed by atoms with Crippen LogP contribution < -0.4 is 0 Å². The largest absolute Gasteiger partial charge is 0.385 e. The second kappa shape index (κ2) is 3.61. The summed E-state index contributed by atoms with van der Waals surface area (Å²) >= 11 is 3.21. The molecule has 2 rings (SSSR count). The molecule has 1 aromatic rings. The Balaban J connectivity index is 2.16. The molecule has 2 nitrogen and oxygen atoms in total. The fourth-order valence-corrected chi connectivity index (χ4v) is 2.05. The van der Waals surface area contributed by atoms with Crippen molar-refractivity contribution in [1.82, 2.24) is 0 Å². The highest BCUT2D eigenvalue weighted by Crippen LogP contribution is 2.24. The summed E-state index contributed by atoms with van der Waals surface area (Å²) < 4.78 is 18.6. The zero-order valence-corrected chi connectivity index (χ0v) is 9.05. The summed E-state index contributed by atoms with van der Waals surface area (Å²) in [4.78, 5) is 0. The minimum absolute atomic E-state index is 0.293. The van der Waals surface area contributed by atoms with Crippen LogP contribution >= 0.6 is 15.9 Å². The fourth-order valence-electron chi connectivity index (χ4n) is 1.53. The Morgan fingerprint density at radius 2 is 2.14 bits per heavy atom. The summed E-state index contributed by atoms with van der Waals surface area (Å²) in [6, 6.07) is 4.63. The molecule has 0 spiro atoms. The molecule has 1 saturated heterocycles. The number of hydrogen-bond donors (Lipinski definition) is 1. The maximum Gasteiger partial charge on any atom is 0.124 e. The van der Waals surface area contributed by atoms with Gasteiger partial charge < -0.3 is 9.84 Å². The van der Waals surface area contributed by atoms with E-state index in [1.54, 1.807) is 6.07 Å². The number of aliphatic hydroxyl groups is 1. The highest BCUT2D eigenvalue weighted by molar-refractivity contribution is 9.10. The molecule has 1 fully saturated rings. The van der Waals surface area contributed by atoms with Crippen LogP contribution in [-0.2, 0) is 11.2 Å². The normalized spacial score (nSPS) is 19.1. The van der Waals surface area contributed by atoms with Gasteiger partial charge in [-0.1, -0.05) is 15.9 Å². The lowest BCUT2D eigenvalue weighted by atomic mass is 9.93. The van der Waals surface area contributed by atoms with Crippen molar-refractivity contribution >= 4 is 15.9 Å². The van der Waals surface area contributed by atoms with E-state index in [-0.39, 0.29) is 5.82 Å². The second-order valence-corrected chi connectivity index (χ2v) is 4.59. The van der Waals surface area contributed by atoms with Gasteiger partial charge in [0.15, 0.2) is 0 Å². The number of benzene rings is 1. The Morgan fingerprint density at radius 3 is 2.64 bits per heavy atom. The monoisotopic (exact) mass is 260 g/mol. The van der Waals surface area contributed by atoms with Crippen molar-refractivity contribution in [2.45, 2.75) is 12.0 Å². The molecule has 0 saturated carbocycles. The highest BCUT2D eigenvalue weighted by Gasteiger charge is 2.36. The van der Waals surface area contributed by atoms with Crippen LogP contribution in [0.3, 0.4) is 0 Å². The molecular formula is C10H10BrFO2. The minimum Gasteiger partial charge on any atom is -0.385 e. The average molecular weight is 261 g/mol. The topological polar surface area (TPSA) is 29.5 Å². The van der Waals surface area contributed by atoms with E-state index in [0.717, 1.165) is 5.56 Å². The van der Waals surface area contributed by atoms with Crippen molar-refractivity contribution in [2.75, 3.05) is 13.2 Å². The van der Waals surface area contributed by atoms with E-state index in [9.17, 15) is 9.50 Å². The standard InChI is InChI=1S/C10H10BrFO2/c11-8-1-7(2-9(12)3-8)4-10(13)5-14-6-10/h1-3,13H,4-6H2. The van der Waals surface area contributed by atoms with E-state index in [0.29, 0.717) is 24.1 Å². The van der Waals surface area contributed by atoms with E-state index in [4.69, 9.17) is 4.74 Å². The predicted octanol–water partition coefficient (Wildman–Crippen LogP) is 1.89. The van der Waals surface area contributed by atoms with Crippen LogP contribution in [0.5, 0.6) is 0 Å². The van der Waals surface area contributed by atoms with Crippen LogP contribution in [0.2, 0.25) is 0 Å². The van der Waals surface area contributed by atoms with Crippen molar-refractivity contribution in [1.29, 1.82) is 0 Å². The molecule has 0 radical (unpaired) electrons. The third-order valence-electron chi connectivity index (χ3n) is 2.20. The Hall–Kier alpha value is -0.450. The van der Waals surface area contributed by atoms with E-state index < -0.39 is 5.60 Å². The number of halogens is 2. The molecule has 0 unspecified atom stereocenters. The molecule has 76 valence electrons. The zero-order chi connectivity index (χ0) is 10.2. The second-order valence-electron chi connectivity index (χ2n) is 3.67.